The van der Waals surface area contributed by atoms with Crippen molar-refractivity contribution in [3.63, 3.8) is 0 Å². The molecule has 1 atom stereocenters. The molecule has 3 N–H and O–H groups in total. The summed E-state index contributed by atoms with van der Waals surface area (Å²) >= 11 is 0. The van der Waals surface area contributed by atoms with Gasteiger partial charge in [-0.05, 0) is 19.4 Å². The van der Waals surface area contributed by atoms with Crippen LogP contribution in [0.25, 0.3) is 11.1 Å². The van der Waals surface area contributed by atoms with Crippen molar-refractivity contribution in [1.82, 2.24) is 4.98 Å². The SMILES string of the molecule is CC(N)CCNc1nc2cc([N+](=O)[O-])ccc2o1. The molecule has 96 valence electrons. The first-order valence-electron chi connectivity index (χ1n) is 5.60. The number of rotatable bonds is 5. The van der Waals surface area contributed by atoms with Crippen LogP contribution in [0.1, 0.15) is 13.3 Å². The zero-order chi connectivity index (χ0) is 13.1. The van der Waals surface area contributed by atoms with E-state index >= 15 is 0 Å². The summed E-state index contributed by atoms with van der Waals surface area (Å²) in [5.74, 6) is 0. The van der Waals surface area contributed by atoms with Gasteiger partial charge in [0.1, 0.15) is 5.52 Å². The summed E-state index contributed by atoms with van der Waals surface area (Å²) in [4.78, 5) is 14.3. The molecule has 7 nitrogen and oxygen atoms in total. The fraction of sp³-hybridized carbons (Fsp3) is 0.364. The van der Waals surface area contributed by atoms with Crippen molar-refractivity contribution in [3.8, 4) is 0 Å². The van der Waals surface area contributed by atoms with E-state index in [-0.39, 0.29) is 11.7 Å². The molecular formula is C11H14N4O3. The highest BCUT2D eigenvalue weighted by Crippen LogP contribution is 2.23. The molecule has 0 bridgehead atoms. The van der Waals surface area contributed by atoms with Crippen molar-refractivity contribution in [2.75, 3.05) is 11.9 Å². The Balaban J connectivity index is 2.14. The zero-order valence-electron chi connectivity index (χ0n) is 9.92. The molecule has 2 rings (SSSR count). The lowest BCUT2D eigenvalue weighted by atomic mass is 10.2. The number of nitrogens with one attached hydrogen (secondary N) is 1. The number of nitro groups is 1. The summed E-state index contributed by atoms with van der Waals surface area (Å²) in [6.45, 7) is 2.56. The van der Waals surface area contributed by atoms with Crippen molar-refractivity contribution in [1.29, 1.82) is 0 Å². The Hall–Kier alpha value is -2.15. The third-order valence-electron chi connectivity index (χ3n) is 2.46. The van der Waals surface area contributed by atoms with Crippen molar-refractivity contribution >= 4 is 22.8 Å². The molecule has 1 aromatic carbocycles. The average molecular weight is 250 g/mol. The summed E-state index contributed by atoms with van der Waals surface area (Å²) in [5.41, 5.74) is 6.60. The minimum absolute atomic E-state index is 0.00192. The topological polar surface area (TPSA) is 107 Å². The molecule has 18 heavy (non-hydrogen) atoms. The predicted octanol–water partition coefficient (Wildman–Crippen LogP) is 1.89. The molecular weight excluding hydrogens is 236 g/mol. The van der Waals surface area contributed by atoms with Gasteiger partial charge in [-0.15, -0.1) is 0 Å². The van der Waals surface area contributed by atoms with Crippen LogP contribution in [0.3, 0.4) is 0 Å². The van der Waals surface area contributed by atoms with Crippen molar-refractivity contribution in [2.45, 2.75) is 19.4 Å². The maximum atomic E-state index is 10.6. The lowest BCUT2D eigenvalue weighted by molar-refractivity contribution is -0.384. The van der Waals surface area contributed by atoms with E-state index in [0.29, 0.717) is 23.7 Å². The molecule has 0 aliphatic carbocycles. The van der Waals surface area contributed by atoms with Crippen molar-refractivity contribution in [2.24, 2.45) is 5.73 Å². The Morgan fingerprint density at radius 1 is 1.61 bits per heavy atom. The summed E-state index contributed by atoms with van der Waals surface area (Å²) in [7, 11) is 0. The highest BCUT2D eigenvalue weighted by molar-refractivity contribution is 5.77. The predicted molar refractivity (Wildman–Crippen MR) is 67.4 cm³/mol. The Morgan fingerprint density at radius 2 is 2.39 bits per heavy atom. The van der Waals surface area contributed by atoms with E-state index in [1.54, 1.807) is 0 Å². The molecule has 0 spiro atoms. The first-order valence-corrected chi connectivity index (χ1v) is 5.60. The molecule has 0 saturated carbocycles. The molecule has 1 aromatic heterocycles. The molecule has 2 aromatic rings. The number of hydrogen-bond donors (Lipinski definition) is 2. The van der Waals surface area contributed by atoms with Crippen LogP contribution in [0.2, 0.25) is 0 Å². The van der Waals surface area contributed by atoms with E-state index < -0.39 is 4.92 Å². The maximum Gasteiger partial charge on any atom is 0.295 e. The number of fused-ring (bicyclic) bond motifs is 1. The van der Waals surface area contributed by atoms with Gasteiger partial charge in [-0.25, -0.2) is 0 Å². The normalized spacial score (nSPS) is 12.6. The van der Waals surface area contributed by atoms with Gasteiger partial charge in [-0.2, -0.15) is 4.98 Å². The Bertz CT molecular complexity index is 564. The van der Waals surface area contributed by atoms with E-state index in [9.17, 15) is 10.1 Å². The van der Waals surface area contributed by atoms with E-state index in [2.05, 4.69) is 10.3 Å². The Kier molecular flexibility index (Phi) is 3.42. The molecule has 0 fully saturated rings. The van der Waals surface area contributed by atoms with Crippen molar-refractivity contribution in [3.05, 3.63) is 28.3 Å². The number of aromatic nitrogens is 1. The van der Waals surface area contributed by atoms with Gasteiger partial charge in [0.15, 0.2) is 5.58 Å². The van der Waals surface area contributed by atoms with Crippen LogP contribution in [0.5, 0.6) is 0 Å². The third kappa shape index (κ3) is 2.75. The van der Waals surface area contributed by atoms with Crippen molar-refractivity contribution < 1.29 is 9.34 Å². The maximum absolute atomic E-state index is 10.6. The van der Waals surface area contributed by atoms with Gasteiger partial charge in [0.2, 0.25) is 0 Å². The minimum atomic E-state index is -0.461. The number of benzene rings is 1. The van der Waals surface area contributed by atoms with Crippen LogP contribution in [0.4, 0.5) is 11.7 Å². The summed E-state index contributed by atoms with van der Waals surface area (Å²) in [5, 5.41) is 13.6. The standard InChI is InChI=1S/C11H14N4O3/c1-7(12)4-5-13-11-14-9-6-8(15(16)17)2-3-10(9)18-11/h2-3,6-7H,4-5,12H2,1H3,(H,13,14). The van der Waals surface area contributed by atoms with Crippen LogP contribution >= 0.6 is 0 Å². The quantitative estimate of drug-likeness (QED) is 0.619. The van der Waals surface area contributed by atoms with Gasteiger partial charge < -0.3 is 15.5 Å². The second kappa shape index (κ2) is 5.01. The molecule has 7 heteroatoms. The lowest BCUT2D eigenvalue weighted by Gasteiger charge is -2.03. The minimum Gasteiger partial charge on any atom is -0.424 e. The molecule has 0 aliphatic heterocycles. The summed E-state index contributed by atoms with van der Waals surface area (Å²) in [6.07, 6.45) is 0.791. The van der Waals surface area contributed by atoms with Crippen LogP contribution in [0, 0.1) is 10.1 Å². The second-order valence-corrected chi connectivity index (χ2v) is 4.12. The number of nitrogens with zero attached hydrogens (tertiary/aromatic N) is 2. The highest BCUT2D eigenvalue weighted by Gasteiger charge is 2.11. The monoisotopic (exact) mass is 250 g/mol. The van der Waals surface area contributed by atoms with Crippen LogP contribution in [-0.4, -0.2) is 22.5 Å². The number of anilines is 1. The first kappa shape index (κ1) is 12.3. The highest BCUT2D eigenvalue weighted by atomic mass is 16.6. The number of hydrogen-bond acceptors (Lipinski definition) is 6. The molecule has 0 saturated heterocycles. The summed E-state index contributed by atoms with van der Waals surface area (Å²) < 4.78 is 5.40. The zero-order valence-corrected chi connectivity index (χ0v) is 9.92. The smallest absolute Gasteiger partial charge is 0.295 e. The molecule has 1 unspecified atom stereocenters. The van der Waals surface area contributed by atoms with Gasteiger partial charge in [0, 0.05) is 24.7 Å². The van der Waals surface area contributed by atoms with Crippen LogP contribution in [0.15, 0.2) is 22.6 Å². The Morgan fingerprint density at radius 3 is 3.06 bits per heavy atom. The molecule has 0 radical (unpaired) electrons. The van der Waals surface area contributed by atoms with Gasteiger partial charge in [-0.3, -0.25) is 10.1 Å². The van der Waals surface area contributed by atoms with Gasteiger partial charge in [0.05, 0.1) is 4.92 Å². The second-order valence-electron chi connectivity index (χ2n) is 4.12. The van der Waals surface area contributed by atoms with Gasteiger partial charge >= 0.3 is 0 Å². The fourth-order valence-corrected chi connectivity index (χ4v) is 1.51. The number of oxazole rings is 1. The van der Waals surface area contributed by atoms with E-state index in [1.165, 1.54) is 18.2 Å². The molecule has 0 aliphatic rings. The molecule has 0 amide bonds. The number of non-ortho nitro benzene ring substituents is 1. The first-order chi connectivity index (χ1) is 8.56. The van der Waals surface area contributed by atoms with E-state index in [4.69, 9.17) is 10.2 Å². The van der Waals surface area contributed by atoms with E-state index in [1.807, 2.05) is 6.92 Å². The van der Waals surface area contributed by atoms with Gasteiger partial charge in [0.25, 0.3) is 11.7 Å². The fourth-order valence-electron chi connectivity index (χ4n) is 1.51. The Labute approximate surface area is 103 Å². The van der Waals surface area contributed by atoms with Crippen LogP contribution in [-0.2, 0) is 0 Å². The third-order valence-corrected chi connectivity index (χ3v) is 2.46. The van der Waals surface area contributed by atoms with Crippen LogP contribution < -0.4 is 11.1 Å². The average Bonchev–Trinajstić information content (AvgIpc) is 2.69. The largest absolute Gasteiger partial charge is 0.424 e. The lowest BCUT2D eigenvalue weighted by Crippen LogP contribution is -2.19. The summed E-state index contributed by atoms with van der Waals surface area (Å²) in [6, 6.07) is 4.76. The number of nitrogens with two attached hydrogens (primary N) is 1. The van der Waals surface area contributed by atoms with Gasteiger partial charge in [-0.1, -0.05) is 0 Å². The molecule has 1 heterocycles. The number of nitro benzene ring substituents is 1. The van der Waals surface area contributed by atoms with E-state index in [0.717, 1.165) is 6.42 Å².